The molecule has 7 nitrogen and oxygen atoms in total. The van der Waals surface area contributed by atoms with Gasteiger partial charge in [0.2, 0.25) is 0 Å². The normalized spacial score (nSPS) is 20.1. The van der Waals surface area contributed by atoms with E-state index >= 15 is 0 Å². The second-order valence-corrected chi connectivity index (χ2v) is 11.8. The summed E-state index contributed by atoms with van der Waals surface area (Å²) in [6, 6.07) is 15.5. The Bertz CT molecular complexity index is 1550. The number of benzene rings is 2. The van der Waals surface area contributed by atoms with E-state index in [-0.39, 0.29) is 11.9 Å². The second-order valence-electron chi connectivity index (χ2n) is 11.8. The first-order chi connectivity index (χ1) is 19.9. The second kappa shape index (κ2) is 11.5. The molecule has 1 aromatic heterocycles. The molecule has 2 fully saturated rings. The molecule has 1 N–H and O–H groups in total. The third-order valence-corrected chi connectivity index (χ3v) is 9.06. The van der Waals surface area contributed by atoms with Crippen molar-refractivity contribution in [3.8, 4) is 6.07 Å². The van der Waals surface area contributed by atoms with Gasteiger partial charge in [0.15, 0.2) is 0 Å². The first-order valence-electron chi connectivity index (χ1n) is 14.9. The van der Waals surface area contributed by atoms with Crippen molar-refractivity contribution in [2.24, 2.45) is 0 Å². The van der Waals surface area contributed by atoms with Gasteiger partial charge in [-0.2, -0.15) is 5.26 Å². The fourth-order valence-corrected chi connectivity index (χ4v) is 6.63. The molecule has 6 rings (SSSR count). The molecule has 41 heavy (non-hydrogen) atoms. The van der Waals surface area contributed by atoms with Crippen LogP contribution in [0.4, 0.5) is 5.69 Å². The highest BCUT2D eigenvalue weighted by atomic mass is 16.2. The van der Waals surface area contributed by atoms with Crippen molar-refractivity contribution in [3.63, 3.8) is 0 Å². The number of carbonyl (C=O) groups excluding carboxylic acids is 1. The number of nitrogens with zero attached hydrogens (tertiary/aromatic N) is 5. The summed E-state index contributed by atoms with van der Waals surface area (Å²) in [7, 11) is 0. The number of anilines is 1. The van der Waals surface area contributed by atoms with Crippen molar-refractivity contribution < 1.29 is 4.79 Å². The van der Waals surface area contributed by atoms with Crippen molar-refractivity contribution >= 4 is 22.5 Å². The third-order valence-electron chi connectivity index (χ3n) is 9.06. The molecule has 3 aromatic rings. The zero-order valence-corrected chi connectivity index (χ0v) is 24.5. The van der Waals surface area contributed by atoms with Crippen LogP contribution >= 0.6 is 0 Å². The van der Waals surface area contributed by atoms with Crippen LogP contribution in [0.15, 0.2) is 66.0 Å². The summed E-state index contributed by atoms with van der Waals surface area (Å²) in [5.74, 6) is 0.139. The van der Waals surface area contributed by atoms with E-state index in [1.54, 1.807) is 0 Å². The minimum absolute atomic E-state index is 0.120. The summed E-state index contributed by atoms with van der Waals surface area (Å²) in [5.41, 5.74) is 8.62. The fourth-order valence-electron chi connectivity index (χ4n) is 6.63. The molecule has 7 heteroatoms. The summed E-state index contributed by atoms with van der Waals surface area (Å²) in [5, 5.41) is 10.8. The van der Waals surface area contributed by atoms with E-state index in [1.165, 1.54) is 22.2 Å². The van der Waals surface area contributed by atoms with E-state index < -0.39 is 0 Å². The average molecular weight is 549 g/mol. The standard InChI is InChI=1S/C34H40N6O/c1-24-18-25(2)31(19-29(24)23-37-12-14-38(15-13-37)33-7-5-4-6-28(33)21-35)34(41)40-17-16-39(22-26(40)3)30-9-8-27-10-11-36-32(27)20-30/h6-11,18-20,26,36H,4-5,12-17,22-23H2,1-3H3/t26-/m0/s1. The van der Waals surface area contributed by atoms with Crippen LogP contribution < -0.4 is 4.90 Å². The minimum atomic E-state index is 0.120. The molecule has 2 saturated heterocycles. The molecule has 3 heterocycles. The molecule has 0 spiro atoms. The predicted octanol–water partition coefficient (Wildman–Crippen LogP) is 5.38. The number of rotatable bonds is 5. The number of nitriles is 1. The van der Waals surface area contributed by atoms with E-state index in [0.717, 1.165) is 86.6 Å². The molecule has 3 aliphatic rings. The Balaban J connectivity index is 1.11. The van der Waals surface area contributed by atoms with Crippen molar-refractivity contribution in [2.75, 3.05) is 50.7 Å². The SMILES string of the molecule is Cc1cc(C)c(C(=O)N2CCN(c3ccc4cc[nH]c4c3)C[C@@H]2C)cc1CN1CCN(C2=CCCC=C2C#N)CC1. The van der Waals surface area contributed by atoms with Crippen molar-refractivity contribution in [1.82, 2.24) is 19.7 Å². The molecule has 1 amide bonds. The highest BCUT2D eigenvalue weighted by molar-refractivity contribution is 5.96. The zero-order chi connectivity index (χ0) is 28.5. The van der Waals surface area contributed by atoms with Gasteiger partial charge in [-0.3, -0.25) is 9.69 Å². The summed E-state index contributed by atoms with van der Waals surface area (Å²) in [6.45, 7) is 13.3. The van der Waals surface area contributed by atoms with E-state index in [0.29, 0.717) is 6.54 Å². The van der Waals surface area contributed by atoms with Gasteiger partial charge in [-0.1, -0.05) is 24.3 Å². The van der Waals surface area contributed by atoms with Crippen molar-refractivity contribution in [2.45, 2.75) is 46.2 Å². The van der Waals surface area contributed by atoms with Gasteiger partial charge in [0.25, 0.3) is 5.91 Å². The molecule has 2 aromatic carbocycles. The Morgan fingerprint density at radius 2 is 1.73 bits per heavy atom. The number of nitrogens with one attached hydrogen (secondary N) is 1. The Morgan fingerprint density at radius 3 is 2.51 bits per heavy atom. The molecular formula is C34H40N6O. The number of aromatic amines is 1. The average Bonchev–Trinajstić information content (AvgIpc) is 3.47. The number of carbonyl (C=O) groups is 1. The highest BCUT2D eigenvalue weighted by Gasteiger charge is 2.30. The van der Waals surface area contributed by atoms with Gasteiger partial charge < -0.3 is 19.7 Å². The molecule has 1 atom stereocenters. The smallest absolute Gasteiger partial charge is 0.254 e. The van der Waals surface area contributed by atoms with Gasteiger partial charge in [0.1, 0.15) is 6.07 Å². The van der Waals surface area contributed by atoms with Crippen LogP contribution in [-0.2, 0) is 6.54 Å². The summed E-state index contributed by atoms with van der Waals surface area (Å²) in [4.78, 5) is 26.5. The van der Waals surface area contributed by atoms with Crippen molar-refractivity contribution in [3.05, 3.63) is 88.3 Å². The summed E-state index contributed by atoms with van der Waals surface area (Å²) >= 11 is 0. The molecular weight excluding hydrogens is 508 g/mol. The van der Waals surface area contributed by atoms with Crippen LogP contribution in [0, 0.1) is 25.2 Å². The minimum Gasteiger partial charge on any atom is -0.368 e. The molecule has 1 aliphatic carbocycles. The number of aromatic nitrogens is 1. The highest BCUT2D eigenvalue weighted by Crippen LogP contribution is 2.27. The molecule has 0 unspecified atom stereocenters. The summed E-state index contributed by atoms with van der Waals surface area (Å²) in [6.07, 6.45) is 8.23. The number of hydrogen-bond acceptors (Lipinski definition) is 5. The van der Waals surface area contributed by atoms with E-state index in [1.807, 2.05) is 6.20 Å². The van der Waals surface area contributed by atoms with Gasteiger partial charge in [0.05, 0.1) is 11.3 Å². The Hall–Kier alpha value is -4.02. The zero-order valence-electron chi connectivity index (χ0n) is 24.5. The van der Waals surface area contributed by atoms with Gasteiger partial charge >= 0.3 is 0 Å². The van der Waals surface area contributed by atoms with Crippen LogP contribution in [0.1, 0.15) is 46.8 Å². The number of hydrogen-bond donors (Lipinski definition) is 1. The van der Waals surface area contributed by atoms with Crippen molar-refractivity contribution in [1.29, 1.82) is 5.26 Å². The molecule has 0 radical (unpaired) electrons. The van der Waals surface area contributed by atoms with E-state index in [4.69, 9.17) is 0 Å². The maximum atomic E-state index is 13.9. The number of amides is 1. The quantitative estimate of drug-likeness (QED) is 0.464. The van der Waals surface area contributed by atoms with E-state index in [2.05, 4.69) is 100.0 Å². The third kappa shape index (κ3) is 5.49. The number of H-pyrrole nitrogens is 1. The largest absolute Gasteiger partial charge is 0.368 e. The Morgan fingerprint density at radius 1 is 0.951 bits per heavy atom. The summed E-state index contributed by atoms with van der Waals surface area (Å²) < 4.78 is 0. The lowest BCUT2D eigenvalue weighted by Gasteiger charge is -2.41. The number of fused-ring (bicyclic) bond motifs is 1. The monoisotopic (exact) mass is 548 g/mol. The lowest BCUT2D eigenvalue weighted by molar-refractivity contribution is 0.0673. The number of allylic oxidation sites excluding steroid dienone is 3. The van der Waals surface area contributed by atoms with Crippen LogP contribution in [-0.4, -0.2) is 77.4 Å². The first kappa shape index (κ1) is 27.2. The van der Waals surface area contributed by atoms with Crippen LogP contribution in [0.3, 0.4) is 0 Å². The lowest BCUT2D eigenvalue weighted by Crippen LogP contribution is -2.54. The topological polar surface area (TPSA) is 69.6 Å². The molecule has 2 aliphatic heterocycles. The van der Waals surface area contributed by atoms with Gasteiger partial charge in [0, 0.05) is 81.4 Å². The van der Waals surface area contributed by atoms with Gasteiger partial charge in [-0.05, 0) is 80.0 Å². The van der Waals surface area contributed by atoms with Crippen LogP contribution in [0.5, 0.6) is 0 Å². The number of piperazine rings is 2. The first-order valence-corrected chi connectivity index (χ1v) is 14.9. The number of aryl methyl sites for hydroxylation is 2. The van der Waals surface area contributed by atoms with Crippen LogP contribution in [0.2, 0.25) is 0 Å². The maximum Gasteiger partial charge on any atom is 0.254 e. The molecule has 0 saturated carbocycles. The van der Waals surface area contributed by atoms with Gasteiger partial charge in [-0.15, -0.1) is 0 Å². The molecule has 0 bridgehead atoms. The fraction of sp³-hybridized carbons (Fsp3) is 0.412. The Kier molecular flexibility index (Phi) is 7.59. The van der Waals surface area contributed by atoms with Gasteiger partial charge in [-0.25, -0.2) is 0 Å². The predicted molar refractivity (Wildman–Crippen MR) is 165 cm³/mol. The molecule has 212 valence electrons. The maximum absolute atomic E-state index is 13.9. The van der Waals surface area contributed by atoms with E-state index in [9.17, 15) is 10.1 Å². The Labute approximate surface area is 243 Å². The van der Waals surface area contributed by atoms with Crippen LogP contribution in [0.25, 0.3) is 10.9 Å². The lowest BCUT2D eigenvalue weighted by atomic mass is 9.97.